The van der Waals surface area contributed by atoms with Gasteiger partial charge in [0.05, 0.1) is 34.9 Å². The molecule has 18 rings (SSSR count). The number of hydrogen-bond donors (Lipinski definition) is 6. The molecule has 43 atom stereocenters. The molecule has 0 heterocycles. The number of aliphatic hydroxyl groups excluding tert-OH is 3. The van der Waals surface area contributed by atoms with Crippen molar-refractivity contribution < 1.29 is 59.4 Å². The van der Waals surface area contributed by atoms with E-state index in [1.807, 2.05) is 18.2 Å². The first-order valence-electron chi connectivity index (χ1n) is 63.3. The number of Topliss-reactive ketones (excluding diaryl/α,β-unsaturated/α-hetero) is 1. The highest BCUT2D eigenvalue weighted by Gasteiger charge is 2.76. The van der Waals surface area contributed by atoms with Crippen LogP contribution in [0, 0.1) is 249 Å². The Balaban J connectivity index is 0.000000145. The number of ketones is 2. The van der Waals surface area contributed by atoms with Crippen LogP contribution in [0.3, 0.4) is 0 Å². The summed E-state index contributed by atoms with van der Waals surface area (Å²) in [6, 6.07) is 0. The highest BCUT2D eigenvalue weighted by Crippen LogP contribution is 2.78. The predicted octanol–water partition coefficient (Wildman–Crippen LogP) is 31.5. The smallest absolute Gasteiger partial charge is 0.161 e. The number of hydrogen-bond acceptors (Lipinski definition) is 12. The molecule has 15 unspecified atom stereocenters. The molecule has 18 aliphatic carbocycles. The topological polar surface area (TPSA) is 224 Å². The number of fused-ring (bicyclic) bond motifs is 17. The Morgan fingerprint density at radius 3 is 1.02 bits per heavy atom. The minimum Gasteiger partial charge on any atom is -0.396 e. The van der Waals surface area contributed by atoms with E-state index in [0.717, 1.165) is 197 Å². The summed E-state index contributed by atoms with van der Waals surface area (Å²) in [6.07, 6.45) is 72.1. The lowest BCUT2D eigenvalue weighted by Gasteiger charge is -2.54. The van der Waals surface area contributed by atoms with Gasteiger partial charge in [0.1, 0.15) is 30.9 Å². The second-order valence-corrected chi connectivity index (χ2v) is 60.8. The molecule has 0 spiro atoms. The maximum atomic E-state index is 13.0. The van der Waals surface area contributed by atoms with Crippen LogP contribution in [0.4, 0.5) is 0 Å². The molecule has 0 saturated heterocycles. The third kappa shape index (κ3) is 21.9. The van der Waals surface area contributed by atoms with Crippen LogP contribution in [0.15, 0.2) is 36.5 Å². The lowest BCUT2D eigenvalue weighted by molar-refractivity contribution is -0.156. The van der Waals surface area contributed by atoms with E-state index in [0.29, 0.717) is 147 Å². The molecule has 147 heavy (non-hydrogen) atoms. The maximum absolute atomic E-state index is 13.0. The molecule has 12 heteroatoms. The van der Waals surface area contributed by atoms with Crippen LogP contribution in [0.5, 0.6) is 0 Å². The second kappa shape index (κ2) is 47.6. The van der Waals surface area contributed by atoms with Gasteiger partial charge in [-0.25, -0.2) is 0 Å². The van der Waals surface area contributed by atoms with Crippen molar-refractivity contribution in [3.05, 3.63) is 36.5 Å². The van der Waals surface area contributed by atoms with Gasteiger partial charge in [-0.1, -0.05) is 300 Å². The number of carbonyl (C=O) groups excluding carboxylic acids is 6. The predicted molar refractivity (Wildman–Crippen MR) is 603 cm³/mol. The van der Waals surface area contributed by atoms with Crippen molar-refractivity contribution in [1.82, 2.24) is 0 Å². The Labute approximate surface area is 899 Å². The number of aldehydes is 4. The first-order chi connectivity index (χ1) is 69.3. The zero-order valence-corrected chi connectivity index (χ0v) is 99.0. The van der Waals surface area contributed by atoms with Gasteiger partial charge < -0.3 is 49.8 Å². The Kier molecular flexibility index (Phi) is 38.7. The second-order valence-electron chi connectivity index (χ2n) is 60.8. The molecule has 838 valence electrons. The lowest BCUT2D eigenvalue weighted by Crippen LogP contribution is -2.54. The Morgan fingerprint density at radius 1 is 0.327 bits per heavy atom. The van der Waals surface area contributed by atoms with Crippen LogP contribution < -0.4 is 0 Å². The molecule has 0 bridgehead atoms. The number of aliphatic hydroxyl groups is 6. The number of carbonyl (C=O) groups is 6. The van der Waals surface area contributed by atoms with Gasteiger partial charge >= 0.3 is 0 Å². The summed E-state index contributed by atoms with van der Waals surface area (Å²) in [5.74, 6) is 18.8. The number of allylic oxidation sites excluding steroid dienone is 4. The van der Waals surface area contributed by atoms with E-state index < -0.39 is 29.0 Å². The molecule has 0 aromatic carbocycles. The summed E-state index contributed by atoms with van der Waals surface area (Å²) in [5, 5.41) is 66.4. The molecule has 18 aliphatic rings. The van der Waals surface area contributed by atoms with Gasteiger partial charge in [0.25, 0.3) is 0 Å². The highest BCUT2D eigenvalue weighted by atomic mass is 16.3. The van der Waals surface area contributed by atoms with E-state index in [1.54, 1.807) is 0 Å². The first kappa shape index (κ1) is 119. The average Bonchev–Trinajstić information content (AvgIpc) is 1.52. The highest BCUT2D eigenvalue weighted by molar-refractivity contribution is 5.95. The Bertz CT molecular complexity index is 4420. The van der Waals surface area contributed by atoms with E-state index in [2.05, 4.69) is 191 Å². The molecule has 0 aliphatic heterocycles. The zero-order chi connectivity index (χ0) is 107. The monoisotopic (exact) mass is 2040 g/mol. The van der Waals surface area contributed by atoms with Crippen LogP contribution in [-0.4, -0.2) is 103 Å². The fourth-order valence-corrected chi connectivity index (χ4v) is 43.4. The molecule has 0 radical (unpaired) electrons. The quantitative estimate of drug-likeness (QED) is 0.0262. The molecular weight excluding hydrogens is 1810 g/mol. The molecule has 0 aromatic heterocycles. The Morgan fingerprint density at radius 2 is 0.653 bits per heavy atom. The molecular formula is C135H226O12. The van der Waals surface area contributed by atoms with Gasteiger partial charge in [0.2, 0.25) is 0 Å². The summed E-state index contributed by atoms with van der Waals surface area (Å²) in [5.41, 5.74) is -2.03. The van der Waals surface area contributed by atoms with E-state index in [4.69, 9.17) is 0 Å². The van der Waals surface area contributed by atoms with Crippen LogP contribution in [0.1, 0.15) is 488 Å². The fraction of sp³-hybridized carbons (Fsp3) is 0.911. The zero-order valence-electron chi connectivity index (χ0n) is 99.0. The minimum atomic E-state index is -1.02. The largest absolute Gasteiger partial charge is 0.396 e. The van der Waals surface area contributed by atoms with Gasteiger partial charge in [0.15, 0.2) is 5.78 Å². The normalized spacial score (nSPS) is 46.9. The van der Waals surface area contributed by atoms with Crippen molar-refractivity contribution >= 4 is 36.7 Å². The van der Waals surface area contributed by atoms with Crippen LogP contribution in [0.2, 0.25) is 0 Å². The molecule has 12 nitrogen and oxygen atoms in total. The molecule has 15 saturated carbocycles. The summed E-state index contributed by atoms with van der Waals surface area (Å²) < 4.78 is 0. The molecule has 0 aromatic rings. The van der Waals surface area contributed by atoms with E-state index >= 15 is 0 Å². The van der Waals surface area contributed by atoms with Crippen molar-refractivity contribution in [2.24, 2.45) is 249 Å². The number of rotatable bonds is 34. The summed E-state index contributed by atoms with van der Waals surface area (Å²) in [7, 11) is 0. The van der Waals surface area contributed by atoms with E-state index in [9.17, 15) is 59.4 Å². The lowest BCUT2D eigenvalue weighted by atomic mass is 9.49. The molecule has 6 N–H and O–H groups in total. The third-order valence-corrected chi connectivity index (χ3v) is 51.6. The van der Waals surface area contributed by atoms with Crippen molar-refractivity contribution in [2.75, 3.05) is 6.61 Å². The minimum absolute atomic E-state index is 0.0219. The van der Waals surface area contributed by atoms with Crippen LogP contribution in [0.25, 0.3) is 0 Å². The fourth-order valence-electron chi connectivity index (χ4n) is 43.4. The standard InChI is InChI=1S/2C27H46O3.C27H46O2.2C27H44O2/c1-17(2)7-6-8-18(3)20-9-10-21-24-22(12-13-25(20,21)4)26(5)14-11-19(29)15-27(26,30)23(24)16-28;1-18(2)7-6-8-19(3)22-9-10-23-21(13-16-28)24(12-15-26(22,23)4)27(5)14-11-20(29)17-25(27)30;2*1-18(2)9-8-10-19(3)20-11-12-21-24-22(13-16-25(20,21)4)26(5)14-6-7-15-27(26,29)23(24)17-28;1-19(2)9-8-10-20(3)22-12-13-23-21(15-18-28)24(14-17-26(22,23)4)27(5)16-7-6-11-25(27)29/h16-24,29-30H,6-15H2,1-5H3;16,18-24,29H,6-15,17H2,1-5H3;7,15,18-24,28-29H,6,8-14,16-17H2,1-5H3;7,15,17-24,29H,6,8-14,16H2,1-5H3;6,11,18-24H,7-10,12-17H2,1-5H3/t18-,19+,20-,21?,22?,23-,24?,25-,26-,27-;19-,20+,21?,22-,23?,24?,26-,27-;2*19-,20-,21?,22?,23-,24?,25-,26-,27-;20-,21?,22-,23?,24?,26-,27-/m11111/s1. The summed E-state index contributed by atoms with van der Waals surface area (Å²) in [4.78, 5) is 74.2. The van der Waals surface area contributed by atoms with Crippen molar-refractivity contribution in [1.29, 1.82) is 0 Å². The van der Waals surface area contributed by atoms with Gasteiger partial charge in [-0.15, -0.1) is 0 Å². The van der Waals surface area contributed by atoms with E-state index in [-0.39, 0.29) is 57.2 Å². The van der Waals surface area contributed by atoms with Gasteiger partial charge in [-0.05, 0) is 403 Å². The third-order valence-electron chi connectivity index (χ3n) is 51.6. The summed E-state index contributed by atoms with van der Waals surface area (Å²) >= 11 is 0. The maximum Gasteiger partial charge on any atom is 0.161 e. The van der Waals surface area contributed by atoms with Gasteiger partial charge in [0, 0.05) is 71.2 Å². The summed E-state index contributed by atoms with van der Waals surface area (Å²) in [6.45, 7) is 59.8. The van der Waals surface area contributed by atoms with E-state index in [1.165, 1.54) is 205 Å². The Hall–Kier alpha value is -3.00. The van der Waals surface area contributed by atoms with Crippen LogP contribution >= 0.6 is 0 Å². The van der Waals surface area contributed by atoms with Gasteiger partial charge in [-0.2, -0.15) is 0 Å². The van der Waals surface area contributed by atoms with Crippen LogP contribution in [-0.2, 0) is 28.8 Å². The van der Waals surface area contributed by atoms with Crippen molar-refractivity contribution in [3.8, 4) is 0 Å². The molecule has 0 amide bonds. The average molecular weight is 2040 g/mol. The van der Waals surface area contributed by atoms with Crippen molar-refractivity contribution in [2.45, 2.75) is 517 Å². The van der Waals surface area contributed by atoms with Crippen molar-refractivity contribution in [3.63, 3.8) is 0 Å². The van der Waals surface area contributed by atoms with Gasteiger partial charge in [-0.3, -0.25) is 9.59 Å². The molecule has 15 fully saturated rings. The SMILES string of the molecule is CC(C)CCC[C@@H](C)[C@H]1CCC2C(CC=O)C([C@@]3(C)CCC=CC3=O)CC[C@@]21C.CC(C)CCC[C@@H](C)[C@H]1CCC2C(CC=O)C([C@@]3(C)CC[C@H](O)CC3=O)CC[C@@]21C.CC(C)CCC[C@@H](C)[C@H]1CCC2C3C(CC[C@@]21C)[C@@]1(C)CCC=C[C@@]1(O)[C@@H]3C=O.CC(C)CCC[C@@H](C)[C@H]1CCC2C3C(CC[C@@]21C)[C@@]1(C)CCC=C[C@@]1(O)[C@@H]3CO.CC(C)CCC[C@@H](C)[C@H]1CCC2C3C(CC[C@@]21C)[C@@]1(C)CC[C@H](O)C[C@@]1(O)[C@@H]3C=O. The first-order valence-corrected chi connectivity index (χ1v) is 63.3.